The molecule has 0 unspecified atom stereocenters. The molecule has 0 saturated heterocycles. The Kier molecular flexibility index (Phi) is 13.3. The summed E-state index contributed by atoms with van der Waals surface area (Å²) in [7, 11) is 3.60. The van der Waals surface area contributed by atoms with Crippen LogP contribution in [0.15, 0.2) is 21.3 Å². The molecule has 16 heteroatoms. The second-order valence-corrected chi connectivity index (χ2v) is 9.73. The molecule has 0 aromatic carbocycles. The summed E-state index contributed by atoms with van der Waals surface area (Å²) in [5, 5.41) is 0.836. The Morgan fingerprint density at radius 3 is 2.31 bits per heavy atom. The minimum Gasteiger partial charge on any atom is -0.463 e. The summed E-state index contributed by atoms with van der Waals surface area (Å²) in [6.07, 6.45) is 2.87. The van der Waals surface area contributed by atoms with Crippen LogP contribution in [0.4, 0.5) is 11.5 Å². The van der Waals surface area contributed by atoms with Gasteiger partial charge in [0.1, 0.15) is 31.8 Å². The van der Waals surface area contributed by atoms with Crippen molar-refractivity contribution in [1.29, 1.82) is 0 Å². The van der Waals surface area contributed by atoms with Crippen molar-refractivity contribution in [2.45, 2.75) is 64.8 Å². The molecule has 0 aliphatic carbocycles. The molecule has 0 bridgehead atoms. The van der Waals surface area contributed by atoms with Gasteiger partial charge in [-0.05, 0) is 20.1 Å². The van der Waals surface area contributed by atoms with Gasteiger partial charge < -0.3 is 33.2 Å². The third-order valence-corrected chi connectivity index (χ3v) is 5.76. The van der Waals surface area contributed by atoms with Crippen molar-refractivity contribution in [3.05, 3.63) is 6.20 Å². The van der Waals surface area contributed by atoms with Crippen molar-refractivity contribution in [1.82, 2.24) is 19.4 Å². The fourth-order valence-corrected chi connectivity index (χ4v) is 3.94. The molecule has 2 rings (SSSR count). The minimum atomic E-state index is -1.12. The van der Waals surface area contributed by atoms with Gasteiger partial charge in [0.25, 0.3) is 0 Å². The van der Waals surface area contributed by atoms with Crippen LogP contribution in [-0.2, 0) is 49.6 Å². The quantitative estimate of drug-likeness (QED) is 0.0721. The number of carbonyl (C=O) groups is 4. The third kappa shape index (κ3) is 10.4. The Labute approximate surface area is 247 Å². The summed E-state index contributed by atoms with van der Waals surface area (Å²) in [5.41, 5.74) is 0.682. The van der Waals surface area contributed by atoms with Gasteiger partial charge in [0, 0.05) is 41.1 Å². The van der Waals surface area contributed by atoms with Gasteiger partial charge in [-0.25, -0.2) is 24.7 Å². The predicted octanol–water partition coefficient (Wildman–Crippen LogP) is 2.43. The van der Waals surface area contributed by atoms with Crippen molar-refractivity contribution >= 4 is 70.7 Å². The molecule has 0 N–H and O–H groups in total. The van der Waals surface area contributed by atoms with E-state index in [9.17, 15) is 19.2 Å². The number of aliphatic imine (C=N–C) groups is 2. The smallest absolute Gasteiger partial charge is 0.349 e. The molecule has 0 saturated carbocycles. The standard InChI is InChI=1S/C26H36N6O9S/c1-9-37-21(36)10-27-19-11-32(25-22(19)24(28-13-31(6)7)29-26(30-25)42-8)14-39-20(12-38-16(3)33)23(41-18(5)35)15(2)40-17(4)34/h10-11,13,15,20,23H,9,12,14H2,1-8H3/b27-10+,28-13+/t15-,20+,23-/m0/s1. The van der Waals surface area contributed by atoms with Gasteiger partial charge in [-0.2, -0.15) is 0 Å². The highest BCUT2D eigenvalue weighted by Gasteiger charge is 2.34. The molecule has 2 heterocycles. The molecule has 0 aliphatic heterocycles. The largest absolute Gasteiger partial charge is 0.463 e. The van der Waals surface area contributed by atoms with Crippen LogP contribution in [0.5, 0.6) is 0 Å². The Balaban J connectivity index is 2.62. The van der Waals surface area contributed by atoms with Crippen LogP contribution >= 0.6 is 11.8 Å². The first kappa shape index (κ1) is 34.2. The van der Waals surface area contributed by atoms with Crippen molar-refractivity contribution in [2.75, 3.05) is 33.6 Å². The summed E-state index contributed by atoms with van der Waals surface area (Å²) in [4.78, 5) is 66.8. The van der Waals surface area contributed by atoms with Gasteiger partial charge >= 0.3 is 23.9 Å². The number of esters is 4. The van der Waals surface area contributed by atoms with E-state index in [2.05, 4.69) is 20.0 Å². The lowest BCUT2D eigenvalue weighted by Gasteiger charge is -2.30. The zero-order valence-corrected chi connectivity index (χ0v) is 25.7. The first-order valence-electron chi connectivity index (χ1n) is 12.8. The van der Waals surface area contributed by atoms with E-state index in [-0.39, 0.29) is 19.9 Å². The molecular formula is C26H36N6O9S. The lowest BCUT2D eigenvalue weighted by Crippen LogP contribution is -2.45. The second-order valence-electron chi connectivity index (χ2n) is 8.96. The van der Waals surface area contributed by atoms with E-state index >= 15 is 0 Å². The van der Waals surface area contributed by atoms with Crippen LogP contribution in [0.2, 0.25) is 0 Å². The zero-order chi connectivity index (χ0) is 31.4. The van der Waals surface area contributed by atoms with Crippen LogP contribution in [0.3, 0.4) is 0 Å². The molecule has 15 nitrogen and oxygen atoms in total. The van der Waals surface area contributed by atoms with E-state index in [4.69, 9.17) is 23.7 Å². The molecule has 0 aliphatic rings. The average Bonchev–Trinajstić information content (AvgIpc) is 3.26. The van der Waals surface area contributed by atoms with Gasteiger partial charge in [0.15, 0.2) is 22.7 Å². The number of fused-ring (bicyclic) bond motifs is 1. The Hall–Kier alpha value is -4.05. The molecule has 3 atom stereocenters. The molecule has 0 spiro atoms. The lowest BCUT2D eigenvalue weighted by molar-refractivity contribution is -0.186. The van der Waals surface area contributed by atoms with E-state index < -0.39 is 42.2 Å². The van der Waals surface area contributed by atoms with Crippen molar-refractivity contribution in [3.8, 4) is 0 Å². The van der Waals surface area contributed by atoms with Gasteiger partial charge in [-0.1, -0.05) is 11.8 Å². The van der Waals surface area contributed by atoms with Crippen LogP contribution in [0.25, 0.3) is 11.0 Å². The van der Waals surface area contributed by atoms with Gasteiger partial charge in [0.05, 0.1) is 24.0 Å². The first-order valence-corrected chi connectivity index (χ1v) is 14.0. The number of rotatable bonds is 15. The number of carbonyl (C=O) groups excluding carboxylic acids is 4. The van der Waals surface area contributed by atoms with Crippen molar-refractivity contribution in [2.24, 2.45) is 9.98 Å². The zero-order valence-electron chi connectivity index (χ0n) is 24.9. The maximum atomic E-state index is 12.0. The van der Waals surface area contributed by atoms with Gasteiger partial charge in [-0.15, -0.1) is 0 Å². The van der Waals surface area contributed by atoms with Crippen LogP contribution in [-0.4, -0.2) is 108 Å². The van der Waals surface area contributed by atoms with E-state index in [1.165, 1.54) is 39.5 Å². The third-order valence-electron chi connectivity index (χ3n) is 5.21. The molecule has 0 radical (unpaired) electrons. The lowest BCUT2D eigenvalue weighted by atomic mass is 10.1. The number of nitrogens with zero attached hydrogens (tertiary/aromatic N) is 6. The maximum Gasteiger partial charge on any atom is 0.349 e. The number of hydrogen-bond donors (Lipinski definition) is 0. The molecule has 0 fully saturated rings. The Morgan fingerprint density at radius 1 is 1.05 bits per heavy atom. The van der Waals surface area contributed by atoms with E-state index in [1.54, 1.807) is 49.3 Å². The summed E-state index contributed by atoms with van der Waals surface area (Å²) in [6, 6.07) is 0. The Morgan fingerprint density at radius 2 is 1.74 bits per heavy atom. The predicted molar refractivity (Wildman–Crippen MR) is 154 cm³/mol. The fourth-order valence-electron chi connectivity index (χ4n) is 3.59. The van der Waals surface area contributed by atoms with E-state index in [0.717, 1.165) is 6.21 Å². The van der Waals surface area contributed by atoms with Crippen LogP contribution in [0.1, 0.15) is 34.6 Å². The number of hydrogen-bond acceptors (Lipinski definition) is 14. The topological polar surface area (TPSA) is 173 Å². The number of ether oxygens (including phenoxy) is 5. The van der Waals surface area contributed by atoms with Crippen molar-refractivity contribution in [3.63, 3.8) is 0 Å². The van der Waals surface area contributed by atoms with Crippen LogP contribution < -0.4 is 0 Å². The highest BCUT2D eigenvalue weighted by atomic mass is 32.2. The molecule has 0 amide bonds. The van der Waals surface area contributed by atoms with Gasteiger partial charge in [0.2, 0.25) is 0 Å². The van der Waals surface area contributed by atoms with Crippen LogP contribution in [0, 0.1) is 0 Å². The molecule has 230 valence electrons. The second kappa shape index (κ2) is 16.4. The molecular weight excluding hydrogens is 572 g/mol. The first-order chi connectivity index (χ1) is 19.9. The molecule has 2 aromatic heterocycles. The minimum absolute atomic E-state index is 0.179. The molecule has 2 aromatic rings. The van der Waals surface area contributed by atoms with E-state index in [1.807, 2.05) is 0 Å². The number of aromatic nitrogens is 3. The van der Waals surface area contributed by atoms with Crippen molar-refractivity contribution < 1.29 is 42.9 Å². The van der Waals surface area contributed by atoms with Gasteiger partial charge in [-0.3, -0.25) is 14.4 Å². The summed E-state index contributed by atoms with van der Waals surface area (Å²) in [5.74, 6) is -2.19. The van der Waals surface area contributed by atoms with E-state index in [0.29, 0.717) is 27.7 Å². The monoisotopic (exact) mass is 608 g/mol. The summed E-state index contributed by atoms with van der Waals surface area (Å²) < 4.78 is 28.5. The SMILES string of the molecule is CCOC(=O)/C=N/c1cn(CO[C@H](COC(C)=O)[C@@H](OC(C)=O)[C@H](C)OC(C)=O)c2nc(SC)nc(/N=C/N(C)C)c12. The number of thioether (sulfide) groups is 1. The summed E-state index contributed by atoms with van der Waals surface area (Å²) >= 11 is 1.29. The highest BCUT2D eigenvalue weighted by Crippen LogP contribution is 2.35. The average molecular weight is 609 g/mol. The fraction of sp³-hybridized carbons (Fsp3) is 0.538. The maximum absolute atomic E-state index is 12.0. The normalized spacial score (nSPS) is 13.6. The summed E-state index contributed by atoms with van der Waals surface area (Å²) in [6.45, 7) is 6.50. The Bertz CT molecular complexity index is 1330. The molecule has 42 heavy (non-hydrogen) atoms. The highest BCUT2D eigenvalue weighted by molar-refractivity contribution is 7.98.